The highest BCUT2D eigenvalue weighted by Gasteiger charge is 2.14. The molecule has 1 fully saturated rings. The van der Waals surface area contributed by atoms with Gasteiger partial charge in [0.05, 0.1) is 18.8 Å². The molecule has 31 heavy (non-hydrogen) atoms. The third-order valence-corrected chi connectivity index (χ3v) is 5.79. The van der Waals surface area contributed by atoms with E-state index in [1.165, 1.54) is 5.69 Å². The number of methoxy groups -OCH3 is 1. The van der Waals surface area contributed by atoms with Gasteiger partial charge in [-0.2, -0.15) is 0 Å². The van der Waals surface area contributed by atoms with Crippen molar-refractivity contribution in [3.05, 3.63) is 67.0 Å². The maximum Gasteiger partial charge on any atom is 0.245 e. The number of nitrogens with zero attached hydrogens (tertiary/aromatic N) is 5. The molecule has 0 atom stereocenters. The third kappa shape index (κ3) is 4.04. The molecule has 5 rings (SSSR count). The molecular formula is C24H26N6O. The van der Waals surface area contributed by atoms with Crippen LogP contribution >= 0.6 is 0 Å². The Morgan fingerprint density at radius 3 is 2.55 bits per heavy atom. The van der Waals surface area contributed by atoms with Crippen molar-refractivity contribution in [1.29, 1.82) is 0 Å². The van der Waals surface area contributed by atoms with Crippen LogP contribution in [-0.2, 0) is 0 Å². The lowest BCUT2D eigenvalue weighted by Gasteiger charge is -2.34. The van der Waals surface area contributed by atoms with Crippen LogP contribution in [0.1, 0.15) is 0 Å². The van der Waals surface area contributed by atoms with Gasteiger partial charge in [-0.25, -0.2) is 9.50 Å². The molecule has 0 saturated carbocycles. The maximum absolute atomic E-state index is 5.35. The summed E-state index contributed by atoms with van der Waals surface area (Å²) < 4.78 is 7.20. The van der Waals surface area contributed by atoms with Crippen molar-refractivity contribution in [2.75, 3.05) is 50.6 Å². The van der Waals surface area contributed by atoms with Crippen molar-refractivity contribution >= 4 is 22.8 Å². The second-order valence-corrected chi connectivity index (χ2v) is 7.84. The smallest absolute Gasteiger partial charge is 0.245 e. The van der Waals surface area contributed by atoms with Crippen LogP contribution in [0, 0.1) is 0 Å². The zero-order valence-corrected chi connectivity index (χ0v) is 17.8. The van der Waals surface area contributed by atoms with Crippen molar-refractivity contribution in [3.63, 3.8) is 0 Å². The predicted molar refractivity (Wildman–Crippen MR) is 124 cm³/mol. The van der Waals surface area contributed by atoms with E-state index in [0.717, 1.165) is 54.3 Å². The lowest BCUT2D eigenvalue weighted by atomic mass is 10.1. The van der Waals surface area contributed by atoms with Crippen LogP contribution in [0.2, 0.25) is 0 Å². The molecule has 7 heteroatoms. The van der Waals surface area contributed by atoms with Gasteiger partial charge in [-0.1, -0.05) is 12.1 Å². The zero-order chi connectivity index (χ0) is 21.2. The lowest BCUT2D eigenvalue weighted by Crippen LogP contribution is -2.44. The summed E-state index contributed by atoms with van der Waals surface area (Å²) >= 11 is 0. The van der Waals surface area contributed by atoms with Crippen LogP contribution in [0.3, 0.4) is 0 Å². The van der Waals surface area contributed by atoms with E-state index in [-0.39, 0.29) is 0 Å². The average molecular weight is 415 g/mol. The van der Waals surface area contributed by atoms with Gasteiger partial charge in [-0.3, -0.25) is 0 Å². The van der Waals surface area contributed by atoms with Crippen molar-refractivity contribution in [3.8, 4) is 16.9 Å². The Balaban J connectivity index is 1.33. The van der Waals surface area contributed by atoms with Crippen LogP contribution in [-0.4, -0.2) is 59.8 Å². The van der Waals surface area contributed by atoms with Gasteiger partial charge in [0, 0.05) is 49.3 Å². The standard InChI is InChI=1S/C24H26N6O/c1-28-12-14-29(15-13-28)20-8-6-19(7-9-20)26-24-25-17-23-22(10-11-30(23)27-24)18-4-3-5-21(16-18)31-2/h3-11,16-17H,12-15H2,1-2H3,(H,26,27). The summed E-state index contributed by atoms with van der Waals surface area (Å²) in [5.41, 5.74) is 5.32. The van der Waals surface area contributed by atoms with Crippen LogP contribution in [0.5, 0.6) is 5.75 Å². The monoisotopic (exact) mass is 414 g/mol. The number of ether oxygens (including phenoxy) is 1. The molecule has 158 valence electrons. The quantitative estimate of drug-likeness (QED) is 0.535. The summed E-state index contributed by atoms with van der Waals surface area (Å²) in [7, 11) is 3.85. The van der Waals surface area contributed by atoms with Gasteiger partial charge in [0.1, 0.15) is 5.75 Å². The number of likely N-dealkylation sites (N-methyl/N-ethyl adjacent to an activating group) is 1. The Bertz CT molecular complexity index is 1180. The fourth-order valence-corrected chi connectivity index (χ4v) is 3.94. The molecule has 0 aliphatic carbocycles. The van der Waals surface area contributed by atoms with E-state index in [2.05, 4.69) is 62.6 Å². The second-order valence-electron chi connectivity index (χ2n) is 7.84. The first-order chi connectivity index (χ1) is 15.2. The number of fused-ring (bicyclic) bond motifs is 1. The number of piperazine rings is 1. The number of rotatable bonds is 5. The summed E-state index contributed by atoms with van der Waals surface area (Å²) in [6.07, 6.45) is 3.80. The molecule has 1 N–H and O–H groups in total. The van der Waals surface area contributed by atoms with Crippen molar-refractivity contribution in [2.24, 2.45) is 0 Å². The number of anilines is 3. The van der Waals surface area contributed by atoms with E-state index in [9.17, 15) is 0 Å². The zero-order valence-electron chi connectivity index (χ0n) is 17.8. The van der Waals surface area contributed by atoms with Gasteiger partial charge in [0.25, 0.3) is 0 Å². The molecule has 4 aromatic rings. The van der Waals surface area contributed by atoms with Crippen molar-refractivity contribution < 1.29 is 4.74 Å². The highest BCUT2D eigenvalue weighted by Crippen LogP contribution is 2.28. The highest BCUT2D eigenvalue weighted by molar-refractivity contribution is 5.81. The number of hydrogen-bond donors (Lipinski definition) is 1. The molecule has 3 heterocycles. The molecule has 1 saturated heterocycles. The van der Waals surface area contributed by atoms with E-state index >= 15 is 0 Å². The Morgan fingerprint density at radius 2 is 1.77 bits per heavy atom. The van der Waals surface area contributed by atoms with E-state index in [1.807, 2.05) is 41.2 Å². The molecule has 0 amide bonds. The topological polar surface area (TPSA) is 57.9 Å². The van der Waals surface area contributed by atoms with Crippen LogP contribution in [0.4, 0.5) is 17.3 Å². The van der Waals surface area contributed by atoms with Gasteiger partial charge in [-0.15, -0.1) is 5.10 Å². The molecule has 2 aromatic carbocycles. The first-order valence-electron chi connectivity index (χ1n) is 10.5. The van der Waals surface area contributed by atoms with Crippen LogP contribution in [0.15, 0.2) is 67.0 Å². The number of benzene rings is 2. The van der Waals surface area contributed by atoms with Gasteiger partial charge >= 0.3 is 0 Å². The lowest BCUT2D eigenvalue weighted by molar-refractivity contribution is 0.313. The summed E-state index contributed by atoms with van der Waals surface area (Å²) in [5, 5.41) is 7.94. The number of hydrogen-bond acceptors (Lipinski definition) is 6. The van der Waals surface area contributed by atoms with E-state index < -0.39 is 0 Å². The van der Waals surface area contributed by atoms with Gasteiger partial charge in [0.15, 0.2) is 0 Å². The van der Waals surface area contributed by atoms with Crippen molar-refractivity contribution in [2.45, 2.75) is 0 Å². The van der Waals surface area contributed by atoms with Crippen LogP contribution < -0.4 is 15.0 Å². The normalized spacial score (nSPS) is 14.7. The molecule has 2 aromatic heterocycles. The fraction of sp³-hybridized carbons (Fsp3) is 0.250. The molecule has 1 aliphatic rings. The predicted octanol–water partition coefficient (Wildman–Crippen LogP) is 3.90. The minimum Gasteiger partial charge on any atom is -0.497 e. The molecule has 0 radical (unpaired) electrons. The highest BCUT2D eigenvalue weighted by atomic mass is 16.5. The van der Waals surface area contributed by atoms with Crippen molar-refractivity contribution in [1.82, 2.24) is 19.5 Å². The Labute approximate surface area is 181 Å². The largest absolute Gasteiger partial charge is 0.497 e. The molecule has 7 nitrogen and oxygen atoms in total. The summed E-state index contributed by atoms with van der Waals surface area (Å²) in [6, 6.07) is 18.5. The van der Waals surface area contributed by atoms with Crippen LogP contribution in [0.25, 0.3) is 16.6 Å². The average Bonchev–Trinajstić information content (AvgIpc) is 3.23. The Hall–Kier alpha value is -3.58. The Kier molecular flexibility index (Phi) is 5.18. The minimum atomic E-state index is 0.563. The number of aromatic nitrogens is 3. The third-order valence-electron chi connectivity index (χ3n) is 5.79. The molecule has 0 bridgehead atoms. The first kappa shape index (κ1) is 19.4. The minimum absolute atomic E-state index is 0.563. The van der Waals surface area contributed by atoms with Gasteiger partial charge < -0.3 is 19.9 Å². The SMILES string of the molecule is COc1cccc(-c2ccn3nc(Nc4ccc(N5CCN(C)CC5)cc4)ncc23)c1. The number of nitrogens with one attached hydrogen (secondary N) is 1. The summed E-state index contributed by atoms with van der Waals surface area (Å²) in [4.78, 5) is 9.32. The molecule has 0 spiro atoms. The molecule has 1 aliphatic heterocycles. The second kappa shape index (κ2) is 8.28. The first-order valence-corrected chi connectivity index (χ1v) is 10.5. The van der Waals surface area contributed by atoms with Gasteiger partial charge in [0.2, 0.25) is 5.95 Å². The van der Waals surface area contributed by atoms with E-state index in [4.69, 9.17) is 4.74 Å². The summed E-state index contributed by atoms with van der Waals surface area (Å²) in [5.74, 6) is 1.39. The molecule has 0 unspecified atom stereocenters. The molecular weight excluding hydrogens is 388 g/mol. The fourth-order valence-electron chi connectivity index (χ4n) is 3.94. The summed E-state index contributed by atoms with van der Waals surface area (Å²) in [6.45, 7) is 4.32. The van der Waals surface area contributed by atoms with E-state index in [0.29, 0.717) is 5.95 Å². The maximum atomic E-state index is 5.35. The Morgan fingerprint density at radius 1 is 0.968 bits per heavy atom. The van der Waals surface area contributed by atoms with E-state index in [1.54, 1.807) is 7.11 Å². The van der Waals surface area contributed by atoms with Gasteiger partial charge in [-0.05, 0) is 55.1 Å².